The van der Waals surface area contributed by atoms with E-state index >= 15 is 0 Å². The Balaban J connectivity index is 4.44. The molecule has 0 unspecified atom stereocenters. The van der Waals surface area contributed by atoms with Crippen molar-refractivity contribution in [2.24, 2.45) is 0 Å². The lowest BCUT2D eigenvalue weighted by Gasteiger charge is -2.18. The lowest BCUT2D eigenvalue weighted by atomic mass is 10.1. The number of ether oxygens (including phenoxy) is 3. The molecule has 6 nitrogen and oxygen atoms in total. The Kier molecular flexibility index (Phi) is 45.0. The Bertz CT molecular complexity index is 1130. The van der Waals surface area contributed by atoms with Gasteiger partial charge in [-0.1, -0.05) is 177 Å². The summed E-state index contributed by atoms with van der Waals surface area (Å²) in [5, 5.41) is 0. The minimum absolute atomic E-state index is 0.0918. The molecular formula is C53H90O6. The van der Waals surface area contributed by atoms with Crippen molar-refractivity contribution < 1.29 is 28.6 Å². The molecule has 0 heterocycles. The van der Waals surface area contributed by atoms with Crippen LogP contribution >= 0.6 is 0 Å². The minimum atomic E-state index is -0.791. The van der Waals surface area contributed by atoms with Gasteiger partial charge in [-0.3, -0.25) is 14.4 Å². The third-order valence-corrected chi connectivity index (χ3v) is 10.2. The van der Waals surface area contributed by atoms with E-state index < -0.39 is 6.10 Å². The van der Waals surface area contributed by atoms with Crippen molar-refractivity contribution >= 4 is 17.9 Å². The average Bonchev–Trinajstić information content (AvgIpc) is 3.23. The third-order valence-electron chi connectivity index (χ3n) is 10.2. The number of hydrogen-bond donors (Lipinski definition) is 0. The van der Waals surface area contributed by atoms with E-state index in [1.54, 1.807) is 0 Å². The first-order valence-electron chi connectivity index (χ1n) is 24.4. The van der Waals surface area contributed by atoms with E-state index in [1.165, 1.54) is 57.8 Å². The fourth-order valence-corrected chi connectivity index (χ4v) is 6.47. The third kappa shape index (κ3) is 45.8. The fourth-order valence-electron chi connectivity index (χ4n) is 6.47. The van der Waals surface area contributed by atoms with Gasteiger partial charge in [-0.05, 0) is 103 Å². The van der Waals surface area contributed by atoms with Crippen LogP contribution in [0, 0.1) is 0 Å². The second-order valence-electron chi connectivity index (χ2n) is 16.0. The van der Waals surface area contributed by atoms with E-state index in [9.17, 15) is 14.4 Å². The second kappa shape index (κ2) is 47.5. The predicted octanol–water partition coefficient (Wildman–Crippen LogP) is 15.9. The normalized spacial score (nSPS) is 12.7. The Hall–Kier alpha value is -3.15. The molecule has 0 aromatic rings. The van der Waals surface area contributed by atoms with Crippen molar-refractivity contribution in [2.75, 3.05) is 13.2 Å². The van der Waals surface area contributed by atoms with Crippen molar-refractivity contribution in [2.45, 2.75) is 232 Å². The van der Waals surface area contributed by atoms with Crippen LogP contribution in [0.1, 0.15) is 226 Å². The molecule has 0 spiro atoms. The molecule has 0 saturated carbocycles. The van der Waals surface area contributed by atoms with Gasteiger partial charge in [-0.15, -0.1) is 0 Å². The second-order valence-corrected chi connectivity index (χ2v) is 16.0. The molecule has 1 atom stereocenters. The zero-order chi connectivity index (χ0) is 43.0. The SMILES string of the molecule is CC/C=C\C/C=C\C/C=C\CCCCCCCC(=O)OC[C@@H](COC(=O)CCCCCCC/C=C\CCCC)OC(=O)CCCCCCC/C=C\C/C=C\CCCCC. The van der Waals surface area contributed by atoms with Crippen molar-refractivity contribution in [3.63, 3.8) is 0 Å². The molecule has 0 radical (unpaired) electrons. The molecule has 0 aliphatic rings. The van der Waals surface area contributed by atoms with Crippen molar-refractivity contribution in [1.29, 1.82) is 0 Å². The Labute approximate surface area is 363 Å². The molecule has 0 aromatic heterocycles. The van der Waals surface area contributed by atoms with Crippen LogP contribution in [0.5, 0.6) is 0 Å². The molecular weight excluding hydrogens is 733 g/mol. The average molecular weight is 823 g/mol. The molecule has 0 amide bonds. The molecule has 338 valence electrons. The topological polar surface area (TPSA) is 78.9 Å². The van der Waals surface area contributed by atoms with Gasteiger partial charge in [0.15, 0.2) is 6.10 Å². The van der Waals surface area contributed by atoms with E-state index in [1.807, 2.05) is 0 Å². The maximum Gasteiger partial charge on any atom is 0.306 e. The molecule has 0 aromatic carbocycles. The van der Waals surface area contributed by atoms with Crippen molar-refractivity contribution in [3.05, 3.63) is 72.9 Å². The summed E-state index contributed by atoms with van der Waals surface area (Å²) in [6.07, 6.45) is 58.8. The highest BCUT2D eigenvalue weighted by molar-refractivity contribution is 5.71. The van der Waals surface area contributed by atoms with E-state index in [2.05, 4.69) is 93.7 Å². The largest absolute Gasteiger partial charge is 0.462 e. The number of hydrogen-bond acceptors (Lipinski definition) is 6. The van der Waals surface area contributed by atoms with Gasteiger partial charge in [0, 0.05) is 19.3 Å². The molecule has 6 heteroatoms. The maximum absolute atomic E-state index is 12.8. The number of allylic oxidation sites excluding steroid dienone is 12. The molecule has 0 bridgehead atoms. The first-order valence-corrected chi connectivity index (χ1v) is 24.4. The van der Waals surface area contributed by atoms with E-state index in [-0.39, 0.29) is 31.1 Å². The van der Waals surface area contributed by atoms with Crippen LogP contribution in [0.2, 0.25) is 0 Å². The molecule has 0 aliphatic carbocycles. The van der Waals surface area contributed by atoms with Crippen molar-refractivity contribution in [3.8, 4) is 0 Å². The first kappa shape index (κ1) is 55.9. The molecule has 0 saturated heterocycles. The van der Waals surface area contributed by atoms with Gasteiger partial charge in [0.1, 0.15) is 13.2 Å². The van der Waals surface area contributed by atoms with Crippen LogP contribution in [0.25, 0.3) is 0 Å². The standard InChI is InChI=1S/C53H90O6/c1-4-7-10-13-16-19-22-24-26-28-31-34-37-40-43-46-52(55)58-49-50(48-57-51(54)45-42-39-36-33-30-21-18-15-12-9-6-3)59-53(56)47-44-41-38-35-32-29-27-25-23-20-17-14-11-8-5-2/h7,10,15-20,24-27,50H,4-6,8-9,11-14,21-23,28-49H2,1-3H3/b10-7-,18-15-,19-16-,20-17-,26-24-,27-25-/t50-/m1/s1. The summed E-state index contributed by atoms with van der Waals surface area (Å²) in [7, 11) is 0. The smallest absolute Gasteiger partial charge is 0.306 e. The summed E-state index contributed by atoms with van der Waals surface area (Å²) in [5.41, 5.74) is 0. The number of carbonyl (C=O) groups is 3. The molecule has 0 fully saturated rings. The van der Waals surface area contributed by atoms with Crippen LogP contribution in [0.4, 0.5) is 0 Å². The summed E-state index contributed by atoms with van der Waals surface area (Å²) in [5.74, 6) is -0.935. The monoisotopic (exact) mass is 823 g/mol. The van der Waals surface area contributed by atoms with Crippen LogP contribution in [-0.4, -0.2) is 37.2 Å². The summed E-state index contributed by atoms with van der Waals surface area (Å²) in [6.45, 7) is 6.42. The van der Waals surface area contributed by atoms with Gasteiger partial charge in [-0.2, -0.15) is 0 Å². The minimum Gasteiger partial charge on any atom is -0.462 e. The van der Waals surface area contributed by atoms with Gasteiger partial charge in [0.2, 0.25) is 0 Å². The summed E-state index contributed by atoms with van der Waals surface area (Å²) < 4.78 is 16.7. The summed E-state index contributed by atoms with van der Waals surface area (Å²) in [4.78, 5) is 37.9. The van der Waals surface area contributed by atoms with E-state index in [0.717, 1.165) is 128 Å². The van der Waals surface area contributed by atoms with Crippen LogP contribution < -0.4 is 0 Å². The van der Waals surface area contributed by atoms with Crippen LogP contribution in [-0.2, 0) is 28.6 Å². The lowest BCUT2D eigenvalue weighted by molar-refractivity contribution is -0.167. The first-order chi connectivity index (χ1) is 29.0. The zero-order valence-corrected chi connectivity index (χ0v) is 38.5. The van der Waals surface area contributed by atoms with E-state index in [0.29, 0.717) is 19.3 Å². The summed E-state index contributed by atoms with van der Waals surface area (Å²) in [6, 6.07) is 0. The van der Waals surface area contributed by atoms with Crippen molar-refractivity contribution in [1.82, 2.24) is 0 Å². The highest BCUT2D eigenvalue weighted by Crippen LogP contribution is 2.13. The highest BCUT2D eigenvalue weighted by atomic mass is 16.6. The van der Waals surface area contributed by atoms with Gasteiger partial charge >= 0.3 is 17.9 Å². The zero-order valence-electron chi connectivity index (χ0n) is 38.5. The number of carbonyl (C=O) groups excluding carboxylic acids is 3. The highest BCUT2D eigenvalue weighted by Gasteiger charge is 2.19. The predicted molar refractivity (Wildman–Crippen MR) is 251 cm³/mol. The maximum atomic E-state index is 12.8. The van der Waals surface area contributed by atoms with E-state index in [4.69, 9.17) is 14.2 Å². The Morgan fingerprint density at radius 3 is 1.10 bits per heavy atom. The molecule has 0 aliphatic heterocycles. The van der Waals surface area contributed by atoms with Gasteiger partial charge in [-0.25, -0.2) is 0 Å². The van der Waals surface area contributed by atoms with Gasteiger partial charge < -0.3 is 14.2 Å². The van der Waals surface area contributed by atoms with Gasteiger partial charge in [0.05, 0.1) is 0 Å². The molecule has 0 N–H and O–H groups in total. The van der Waals surface area contributed by atoms with Gasteiger partial charge in [0.25, 0.3) is 0 Å². The number of esters is 3. The number of rotatable bonds is 43. The fraction of sp³-hybridized carbons (Fsp3) is 0.717. The molecule has 0 rings (SSSR count). The molecule has 59 heavy (non-hydrogen) atoms. The Morgan fingerprint density at radius 1 is 0.356 bits per heavy atom. The number of unbranched alkanes of at least 4 members (excludes halogenated alkanes) is 20. The van der Waals surface area contributed by atoms with Crippen LogP contribution in [0.3, 0.4) is 0 Å². The summed E-state index contributed by atoms with van der Waals surface area (Å²) >= 11 is 0. The Morgan fingerprint density at radius 2 is 0.678 bits per heavy atom. The lowest BCUT2D eigenvalue weighted by Crippen LogP contribution is -2.30. The quantitative estimate of drug-likeness (QED) is 0.0264. The van der Waals surface area contributed by atoms with Crippen LogP contribution in [0.15, 0.2) is 72.9 Å².